The highest BCUT2D eigenvalue weighted by atomic mass is 16.5. The van der Waals surface area contributed by atoms with E-state index in [4.69, 9.17) is 0 Å². The Morgan fingerprint density at radius 3 is 2.26 bits per heavy atom. The number of rotatable bonds is 11. The fourth-order valence-corrected chi connectivity index (χ4v) is 4.38. The lowest BCUT2D eigenvalue weighted by molar-refractivity contribution is -0.170. The molecule has 2 unspecified atom stereocenters. The number of carbonyl (C=O) groups is 3. The van der Waals surface area contributed by atoms with Gasteiger partial charge in [-0.1, -0.05) is 45.4 Å². The van der Waals surface area contributed by atoms with Gasteiger partial charge in [-0.05, 0) is 32.1 Å². The number of hydrogen-bond donors (Lipinski definition) is 2. The molecule has 2 aliphatic rings. The van der Waals surface area contributed by atoms with Crippen LogP contribution in [-0.2, 0) is 14.4 Å². The molecule has 0 bridgehead atoms. The van der Waals surface area contributed by atoms with Crippen molar-refractivity contribution in [1.82, 2.24) is 9.96 Å². The summed E-state index contributed by atoms with van der Waals surface area (Å²) in [5, 5.41) is 20.7. The van der Waals surface area contributed by atoms with E-state index in [0.717, 1.165) is 24.3 Å². The first kappa shape index (κ1) is 21.8. The molecule has 1 amide bonds. The van der Waals surface area contributed by atoms with Crippen LogP contribution in [0.15, 0.2) is 0 Å². The lowest BCUT2D eigenvalue weighted by Crippen LogP contribution is -2.61. The van der Waals surface area contributed by atoms with E-state index < -0.39 is 23.5 Å². The van der Waals surface area contributed by atoms with Crippen molar-refractivity contribution in [2.75, 3.05) is 13.1 Å². The summed E-state index contributed by atoms with van der Waals surface area (Å²) in [4.78, 5) is 39.1. The van der Waals surface area contributed by atoms with Gasteiger partial charge in [0.1, 0.15) is 6.04 Å². The first-order chi connectivity index (χ1) is 12.9. The van der Waals surface area contributed by atoms with Gasteiger partial charge in [0, 0.05) is 19.5 Å². The van der Waals surface area contributed by atoms with E-state index in [-0.39, 0.29) is 25.2 Å². The topological polar surface area (TPSA) is 98.2 Å². The molecule has 0 spiro atoms. The number of unbranched alkanes of at least 4 members (excludes halogenated alkanes) is 6. The van der Waals surface area contributed by atoms with Crippen LogP contribution in [0.2, 0.25) is 0 Å². The van der Waals surface area contributed by atoms with Gasteiger partial charge in [0.05, 0.1) is 0 Å². The van der Waals surface area contributed by atoms with Gasteiger partial charge < -0.3 is 15.2 Å². The Labute approximate surface area is 161 Å². The smallest absolute Gasteiger partial charge is 0.337 e. The standard InChI is InChI=1S/C20H34N2O5/c1-2-3-4-5-6-7-8-12-17(23)20(19(25)26)13-10-14-21(20)18(24)16-11-9-15-22(16)27/h16,27H,2-15H2,1H3,(H,25,26). The number of hydrogen-bond acceptors (Lipinski definition) is 5. The highest BCUT2D eigenvalue weighted by Crippen LogP contribution is 2.34. The van der Waals surface area contributed by atoms with Crippen LogP contribution < -0.4 is 0 Å². The number of amides is 1. The summed E-state index contributed by atoms with van der Waals surface area (Å²) in [7, 11) is 0. The first-order valence-corrected chi connectivity index (χ1v) is 10.5. The van der Waals surface area contributed by atoms with Crippen molar-refractivity contribution >= 4 is 17.7 Å². The van der Waals surface area contributed by atoms with Gasteiger partial charge in [0.15, 0.2) is 11.3 Å². The fourth-order valence-electron chi connectivity index (χ4n) is 4.38. The van der Waals surface area contributed by atoms with Crippen LogP contribution in [0, 0.1) is 0 Å². The summed E-state index contributed by atoms with van der Waals surface area (Å²) >= 11 is 0. The molecule has 2 atom stereocenters. The minimum Gasteiger partial charge on any atom is -0.479 e. The lowest BCUT2D eigenvalue weighted by Gasteiger charge is -2.35. The predicted octanol–water partition coefficient (Wildman–Crippen LogP) is 3.00. The van der Waals surface area contributed by atoms with Crippen LogP contribution in [0.1, 0.15) is 84.0 Å². The van der Waals surface area contributed by atoms with Gasteiger partial charge in [-0.25, -0.2) is 4.79 Å². The van der Waals surface area contributed by atoms with E-state index >= 15 is 0 Å². The van der Waals surface area contributed by atoms with Crippen LogP contribution in [0.3, 0.4) is 0 Å². The number of likely N-dealkylation sites (tertiary alicyclic amines) is 1. The molecule has 7 heteroatoms. The van der Waals surface area contributed by atoms with Gasteiger partial charge in [0.25, 0.3) is 0 Å². The van der Waals surface area contributed by atoms with Crippen molar-refractivity contribution in [1.29, 1.82) is 0 Å². The molecule has 2 heterocycles. The Morgan fingerprint density at radius 2 is 1.67 bits per heavy atom. The monoisotopic (exact) mass is 382 g/mol. The summed E-state index contributed by atoms with van der Waals surface area (Å²) in [5.74, 6) is -2.02. The summed E-state index contributed by atoms with van der Waals surface area (Å²) in [6.45, 7) is 2.83. The second kappa shape index (κ2) is 10.2. The Morgan fingerprint density at radius 1 is 1.00 bits per heavy atom. The number of ketones is 1. The number of carboxylic acid groups (broad SMARTS) is 1. The molecule has 2 fully saturated rings. The van der Waals surface area contributed by atoms with Crippen molar-refractivity contribution in [2.24, 2.45) is 0 Å². The zero-order valence-corrected chi connectivity index (χ0v) is 16.5. The maximum absolute atomic E-state index is 12.9. The van der Waals surface area contributed by atoms with Crippen molar-refractivity contribution in [2.45, 2.75) is 95.6 Å². The number of Topliss-reactive ketones (excluding diaryl/α,β-unsaturated/α-hetero) is 1. The lowest BCUT2D eigenvalue weighted by atomic mass is 9.87. The number of nitrogens with zero attached hydrogens (tertiary/aromatic N) is 2. The number of carboxylic acids is 1. The molecule has 0 aliphatic carbocycles. The maximum Gasteiger partial charge on any atom is 0.337 e. The summed E-state index contributed by atoms with van der Waals surface area (Å²) in [6.07, 6.45) is 9.42. The third-order valence-corrected chi connectivity index (χ3v) is 5.98. The minimum atomic E-state index is -1.75. The average Bonchev–Trinajstić information content (AvgIpc) is 3.27. The van der Waals surface area contributed by atoms with Crippen LogP contribution in [0.5, 0.6) is 0 Å². The molecule has 7 nitrogen and oxygen atoms in total. The molecule has 0 aromatic carbocycles. The zero-order valence-electron chi connectivity index (χ0n) is 16.5. The normalized spacial score (nSPS) is 25.9. The van der Waals surface area contributed by atoms with E-state index in [2.05, 4.69) is 6.92 Å². The van der Waals surface area contributed by atoms with E-state index in [9.17, 15) is 24.7 Å². The molecule has 154 valence electrons. The zero-order chi connectivity index (χ0) is 19.9. The van der Waals surface area contributed by atoms with Crippen LogP contribution in [0.4, 0.5) is 0 Å². The van der Waals surface area contributed by atoms with E-state index in [0.29, 0.717) is 32.2 Å². The Balaban J connectivity index is 1.97. The molecule has 0 aromatic rings. The Kier molecular flexibility index (Phi) is 8.23. The average molecular weight is 383 g/mol. The molecule has 2 saturated heterocycles. The molecule has 2 aliphatic heterocycles. The third-order valence-electron chi connectivity index (χ3n) is 5.98. The second-order valence-electron chi connectivity index (χ2n) is 7.87. The molecular formula is C20H34N2O5. The maximum atomic E-state index is 12.9. The van der Waals surface area contributed by atoms with Crippen molar-refractivity contribution < 1.29 is 24.7 Å². The molecule has 0 saturated carbocycles. The fraction of sp³-hybridized carbons (Fsp3) is 0.850. The molecule has 2 N–H and O–H groups in total. The molecule has 2 rings (SSSR count). The summed E-state index contributed by atoms with van der Waals surface area (Å²) < 4.78 is 0. The van der Waals surface area contributed by atoms with Crippen molar-refractivity contribution in [3.63, 3.8) is 0 Å². The second-order valence-corrected chi connectivity index (χ2v) is 7.87. The molecular weight excluding hydrogens is 348 g/mol. The summed E-state index contributed by atoms with van der Waals surface area (Å²) in [5.41, 5.74) is -1.75. The van der Waals surface area contributed by atoms with Gasteiger partial charge in [0.2, 0.25) is 5.91 Å². The van der Waals surface area contributed by atoms with E-state index in [1.165, 1.54) is 24.2 Å². The Hall–Kier alpha value is -1.47. The van der Waals surface area contributed by atoms with Crippen LogP contribution >= 0.6 is 0 Å². The largest absolute Gasteiger partial charge is 0.479 e. The van der Waals surface area contributed by atoms with Crippen LogP contribution in [-0.4, -0.2) is 62.6 Å². The number of aliphatic carboxylic acids is 1. The number of carbonyl (C=O) groups excluding carboxylic acids is 2. The highest BCUT2D eigenvalue weighted by molar-refractivity contribution is 6.11. The SMILES string of the molecule is CCCCCCCCCC(=O)C1(C(=O)O)CCCN1C(=O)C1CCCN1O. The van der Waals surface area contributed by atoms with Gasteiger partial charge in [-0.3, -0.25) is 9.59 Å². The number of hydroxylamine groups is 2. The molecule has 0 radical (unpaired) electrons. The minimum absolute atomic E-state index is 0.168. The Bertz CT molecular complexity index is 538. The predicted molar refractivity (Wildman–Crippen MR) is 100 cm³/mol. The van der Waals surface area contributed by atoms with Gasteiger partial charge in [-0.2, -0.15) is 5.06 Å². The first-order valence-electron chi connectivity index (χ1n) is 10.5. The van der Waals surface area contributed by atoms with Crippen molar-refractivity contribution in [3.8, 4) is 0 Å². The van der Waals surface area contributed by atoms with Crippen LogP contribution in [0.25, 0.3) is 0 Å². The highest BCUT2D eigenvalue weighted by Gasteiger charge is 2.56. The summed E-state index contributed by atoms with van der Waals surface area (Å²) in [6, 6.07) is -0.729. The molecule has 27 heavy (non-hydrogen) atoms. The van der Waals surface area contributed by atoms with Crippen molar-refractivity contribution in [3.05, 3.63) is 0 Å². The van der Waals surface area contributed by atoms with Gasteiger partial charge in [-0.15, -0.1) is 0 Å². The van der Waals surface area contributed by atoms with E-state index in [1.54, 1.807) is 0 Å². The molecule has 0 aromatic heterocycles. The van der Waals surface area contributed by atoms with E-state index in [1.807, 2.05) is 0 Å². The van der Waals surface area contributed by atoms with Gasteiger partial charge >= 0.3 is 5.97 Å². The third kappa shape index (κ3) is 4.88. The quantitative estimate of drug-likeness (QED) is 0.421.